The van der Waals surface area contributed by atoms with E-state index in [1.807, 2.05) is 0 Å². The van der Waals surface area contributed by atoms with Crippen molar-refractivity contribution >= 4 is 32.2 Å². The number of hydrogen-bond acceptors (Lipinski definition) is 7. The van der Waals surface area contributed by atoms with E-state index in [-0.39, 0.29) is 30.0 Å². The number of anilines is 1. The van der Waals surface area contributed by atoms with Crippen LogP contribution in [-0.4, -0.2) is 60.6 Å². The van der Waals surface area contributed by atoms with Crippen molar-refractivity contribution in [3.63, 3.8) is 0 Å². The van der Waals surface area contributed by atoms with Crippen molar-refractivity contribution in [2.45, 2.75) is 12.5 Å². The van der Waals surface area contributed by atoms with Crippen LogP contribution in [0.5, 0.6) is 0 Å². The first kappa shape index (κ1) is 13.4. The van der Waals surface area contributed by atoms with E-state index in [2.05, 4.69) is 15.5 Å². The number of nitrogens with zero attached hydrogens (tertiary/aromatic N) is 3. The maximum absolute atomic E-state index is 11.7. The molecule has 0 aliphatic carbocycles. The molecule has 0 saturated carbocycles. The summed E-state index contributed by atoms with van der Waals surface area (Å²) in [5.41, 5.74) is 1.53. The highest BCUT2D eigenvalue weighted by atomic mass is 32.2. The van der Waals surface area contributed by atoms with E-state index in [1.165, 1.54) is 16.8 Å². The van der Waals surface area contributed by atoms with Crippen LogP contribution < -0.4 is 5.32 Å². The minimum absolute atomic E-state index is 0.0739. The van der Waals surface area contributed by atoms with Crippen LogP contribution in [0.4, 0.5) is 5.13 Å². The van der Waals surface area contributed by atoms with Gasteiger partial charge in [0.2, 0.25) is 11.0 Å². The van der Waals surface area contributed by atoms with Gasteiger partial charge in [0.05, 0.1) is 18.1 Å². The van der Waals surface area contributed by atoms with E-state index in [0.29, 0.717) is 11.6 Å². The summed E-state index contributed by atoms with van der Waals surface area (Å²) >= 11 is 1.24. The molecule has 0 bridgehead atoms. The summed E-state index contributed by atoms with van der Waals surface area (Å²) in [6, 6.07) is -0.0739. The number of likely N-dealkylation sites (N-methyl/N-ethyl adjacent to an activating group) is 1. The Morgan fingerprint density at radius 1 is 1.67 bits per heavy atom. The lowest BCUT2D eigenvalue weighted by Crippen LogP contribution is -2.38. The SMILES string of the molecule is CN(CC(=O)Nc1nncs1)C1CCS(=O)(=O)C1. The number of nitrogens with one attached hydrogen (secondary N) is 1. The fourth-order valence-electron chi connectivity index (χ4n) is 1.86. The molecule has 100 valence electrons. The third kappa shape index (κ3) is 3.47. The van der Waals surface area contributed by atoms with Crippen LogP contribution in [0.3, 0.4) is 0 Å². The molecular formula is C9H14N4O3S2. The zero-order chi connectivity index (χ0) is 13.2. The monoisotopic (exact) mass is 290 g/mol. The molecule has 2 rings (SSSR count). The Kier molecular flexibility index (Phi) is 3.93. The highest BCUT2D eigenvalue weighted by Gasteiger charge is 2.31. The minimum atomic E-state index is -2.92. The summed E-state index contributed by atoms with van der Waals surface area (Å²) in [7, 11) is -1.16. The maximum atomic E-state index is 11.7. The normalized spacial score (nSPS) is 22.2. The van der Waals surface area contributed by atoms with Crippen LogP contribution in [0.15, 0.2) is 5.51 Å². The Bertz CT molecular complexity index is 514. The average Bonchev–Trinajstić information content (AvgIpc) is 2.87. The molecule has 18 heavy (non-hydrogen) atoms. The molecule has 7 nitrogen and oxygen atoms in total. The Hall–Kier alpha value is -1.06. The molecule has 1 atom stereocenters. The van der Waals surface area contributed by atoms with Gasteiger partial charge in [0.1, 0.15) is 5.51 Å². The number of carbonyl (C=O) groups excluding carboxylic acids is 1. The van der Waals surface area contributed by atoms with Gasteiger partial charge in [-0.25, -0.2) is 8.42 Å². The standard InChI is InChI=1S/C9H14N4O3S2/c1-13(7-2-3-18(15,16)5-7)4-8(14)11-9-12-10-6-17-9/h6-7H,2-5H2,1H3,(H,11,12,14). The molecule has 2 heterocycles. The highest BCUT2D eigenvalue weighted by Crippen LogP contribution is 2.16. The van der Waals surface area contributed by atoms with E-state index >= 15 is 0 Å². The third-order valence-corrected chi connectivity index (χ3v) is 5.19. The van der Waals surface area contributed by atoms with E-state index in [1.54, 1.807) is 11.9 Å². The molecule has 1 unspecified atom stereocenters. The fourth-order valence-corrected chi connectivity index (χ4v) is 4.13. The van der Waals surface area contributed by atoms with Gasteiger partial charge in [-0.3, -0.25) is 15.0 Å². The van der Waals surface area contributed by atoms with Crippen molar-refractivity contribution in [2.24, 2.45) is 0 Å². The van der Waals surface area contributed by atoms with Crippen molar-refractivity contribution in [1.29, 1.82) is 0 Å². The smallest absolute Gasteiger partial charge is 0.240 e. The van der Waals surface area contributed by atoms with Crippen LogP contribution in [0.2, 0.25) is 0 Å². The van der Waals surface area contributed by atoms with Crippen molar-refractivity contribution in [1.82, 2.24) is 15.1 Å². The lowest BCUT2D eigenvalue weighted by molar-refractivity contribution is -0.117. The number of sulfone groups is 1. The van der Waals surface area contributed by atoms with Gasteiger partial charge in [-0.15, -0.1) is 10.2 Å². The molecule has 1 aromatic rings. The van der Waals surface area contributed by atoms with Gasteiger partial charge in [0, 0.05) is 6.04 Å². The lowest BCUT2D eigenvalue weighted by atomic mass is 10.2. The average molecular weight is 290 g/mol. The second-order valence-electron chi connectivity index (χ2n) is 4.26. The molecule has 1 amide bonds. The van der Waals surface area contributed by atoms with Crippen molar-refractivity contribution in [2.75, 3.05) is 30.4 Å². The van der Waals surface area contributed by atoms with E-state index in [0.717, 1.165) is 0 Å². The molecule has 1 N–H and O–H groups in total. The summed E-state index contributed by atoms with van der Waals surface area (Å²) in [6.45, 7) is 0.153. The lowest BCUT2D eigenvalue weighted by Gasteiger charge is -2.21. The molecule has 1 aromatic heterocycles. The molecule has 1 saturated heterocycles. The van der Waals surface area contributed by atoms with Crippen LogP contribution in [0.25, 0.3) is 0 Å². The minimum Gasteiger partial charge on any atom is -0.299 e. The summed E-state index contributed by atoms with van der Waals surface area (Å²) in [6.07, 6.45) is 0.588. The van der Waals surface area contributed by atoms with E-state index in [9.17, 15) is 13.2 Å². The number of aromatic nitrogens is 2. The fraction of sp³-hybridized carbons (Fsp3) is 0.667. The number of rotatable bonds is 4. The van der Waals surface area contributed by atoms with E-state index < -0.39 is 9.84 Å². The summed E-state index contributed by atoms with van der Waals surface area (Å²) in [5, 5.41) is 10.4. The second-order valence-corrected chi connectivity index (χ2v) is 7.33. The van der Waals surface area contributed by atoms with Crippen molar-refractivity contribution in [3.05, 3.63) is 5.51 Å². The Balaban J connectivity index is 1.84. The quantitative estimate of drug-likeness (QED) is 0.811. The van der Waals surface area contributed by atoms with Crippen LogP contribution in [0, 0.1) is 0 Å². The largest absolute Gasteiger partial charge is 0.299 e. The molecule has 0 spiro atoms. The van der Waals surface area contributed by atoms with Crippen LogP contribution >= 0.6 is 11.3 Å². The maximum Gasteiger partial charge on any atom is 0.240 e. The zero-order valence-electron chi connectivity index (χ0n) is 9.87. The topological polar surface area (TPSA) is 92.3 Å². The summed E-state index contributed by atoms with van der Waals surface area (Å²) < 4.78 is 22.7. The summed E-state index contributed by atoms with van der Waals surface area (Å²) in [5.74, 6) is 0.133. The first-order valence-corrected chi connectivity index (χ1v) is 8.13. The number of carbonyl (C=O) groups is 1. The van der Waals surface area contributed by atoms with Gasteiger partial charge in [0.25, 0.3) is 0 Å². The third-order valence-electron chi connectivity index (χ3n) is 2.83. The molecule has 1 aliphatic rings. The van der Waals surface area contributed by atoms with Gasteiger partial charge in [-0.05, 0) is 13.5 Å². The van der Waals surface area contributed by atoms with Crippen molar-refractivity contribution < 1.29 is 13.2 Å². The second kappa shape index (κ2) is 5.29. The summed E-state index contributed by atoms with van der Waals surface area (Å²) in [4.78, 5) is 13.4. The van der Waals surface area contributed by atoms with E-state index in [4.69, 9.17) is 0 Å². The molecule has 1 aliphatic heterocycles. The molecular weight excluding hydrogens is 276 g/mol. The van der Waals surface area contributed by atoms with Crippen LogP contribution in [-0.2, 0) is 14.6 Å². The van der Waals surface area contributed by atoms with Gasteiger partial charge < -0.3 is 0 Å². The van der Waals surface area contributed by atoms with Crippen LogP contribution in [0.1, 0.15) is 6.42 Å². The Morgan fingerprint density at radius 3 is 3.00 bits per heavy atom. The number of amides is 1. The Labute approximate surface area is 109 Å². The van der Waals surface area contributed by atoms with Gasteiger partial charge in [-0.2, -0.15) is 0 Å². The molecule has 1 fully saturated rings. The first-order valence-electron chi connectivity index (χ1n) is 5.43. The first-order chi connectivity index (χ1) is 8.46. The predicted octanol–water partition coefficient (Wildman–Crippen LogP) is -0.405. The zero-order valence-corrected chi connectivity index (χ0v) is 11.5. The molecule has 9 heteroatoms. The molecule has 0 aromatic carbocycles. The Morgan fingerprint density at radius 2 is 2.44 bits per heavy atom. The van der Waals surface area contributed by atoms with Gasteiger partial charge in [0.15, 0.2) is 9.84 Å². The highest BCUT2D eigenvalue weighted by molar-refractivity contribution is 7.91. The van der Waals surface area contributed by atoms with Gasteiger partial charge >= 0.3 is 0 Å². The van der Waals surface area contributed by atoms with Gasteiger partial charge in [-0.1, -0.05) is 11.3 Å². The van der Waals surface area contributed by atoms with Crippen molar-refractivity contribution in [3.8, 4) is 0 Å². The number of hydrogen-bond donors (Lipinski definition) is 1. The molecule has 0 radical (unpaired) electrons. The predicted molar refractivity (Wildman–Crippen MR) is 68.2 cm³/mol.